The molecule has 2 heterocycles. The number of aromatic nitrogens is 2. The van der Waals surface area contributed by atoms with Crippen molar-refractivity contribution in [3.05, 3.63) is 11.7 Å². The molecule has 0 amide bonds. The number of nitrogens with two attached hydrogens (primary N) is 1. The molecule has 1 saturated heterocycles. The highest BCUT2D eigenvalue weighted by atomic mass is 32.2. The Kier molecular flexibility index (Phi) is 6.87. The van der Waals surface area contributed by atoms with Crippen LogP contribution in [0.3, 0.4) is 0 Å². The summed E-state index contributed by atoms with van der Waals surface area (Å²) in [5.74, 6) is 3.65. The first-order chi connectivity index (χ1) is 9.83. The van der Waals surface area contributed by atoms with Crippen LogP contribution in [0.2, 0.25) is 0 Å². The smallest absolute Gasteiger partial charge is 0.226 e. The predicted octanol–water partition coefficient (Wildman–Crippen LogP) is 3.73. The Morgan fingerprint density at radius 2 is 2.25 bits per heavy atom. The molecule has 114 valence electrons. The summed E-state index contributed by atoms with van der Waals surface area (Å²) in [7, 11) is 0. The van der Waals surface area contributed by atoms with Gasteiger partial charge in [0.15, 0.2) is 5.82 Å². The molecule has 0 aliphatic carbocycles. The Balaban J connectivity index is 1.82. The molecule has 1 aliphatic rings. The van der Waals surface area contributed by atoms with Gasteiger partial charge >= 0.3 is 0 Å². The maximum Gasteiger partial charge on any atom is 0.226 e. The van der Waals surface area contributed by atoms with Crippen molar-refractivity contribution in [2.75, 3.05) is 12.3 Å². The second-order valence-electron chi connectivity index (χ2n) is 5.67. The molecule has 2 N–H and O–H groups in total. The van der Waals surface area contributed by atoms with Crippen molar-refractivity contribution < 1.29 is 4.52 Å². The molecule has 20 heavy (non-hydrogen) atoms. The van der Waals surface area contributed by atoms with E-state index in [1.807, 2.05) is 11.8 Å². The van der Waals surface area contributed by atoms with Crippen LogP contribution >= 0.6 is 11.8 Å². The van der Waals surface area contributed by atoms with Crippen LogP contribution in [-0.2, 0) is 6.42 Å². The lowest BCUT2D eigenvalue weighted by molar-refractivity contribution is 0.346. The molecule has 0 saturated carbocycles. The molecule has 2 unspecified atom stereocenters. The van der Waals surface area contributed by atoms with E-state index in [1.165, 1.54) is 37.9 Å². The summed E-state index contributed by atoms with van der Waals surface area (Å²) in [4.78, 5) is 4.60. The van der Waals surface area contributed by atoms with Crippen LogP contribution < -0.4 is 5.73 Å². The topological polar surface area (TPSA) is 64.9 Å². The summed E-state index contributed by atoms with van der Waals surface area (Å²) < 4.78 is 5.42. The lowest BCUT2D eigenvalue weighted by Gasteiger charge is -2.17. The van der Waals surface area contributed by atoms with Gasteiger partial charge in [0.05, 0.1) is 5.25 Å². The van der Waals surface area contributed by atoms with E-state index in [0.717, 1.165) is 37.5 Å². The van der Waals surface area contributed by atoms with Crippen molar-refractivity contribution in [2.45, 2.75) is 63.5 Å². The van der Waals surface area contributed by atoms with E-state index in [4.69, 9.17) is 10.3 Å². The molecule has 2 atom stereocenters. The number of rotatable bonds is 8. The van der Waals surface area contributed by atoms with Gasteiger partial charge in [-0.2, -0.15) is 16.7 Å². The lowest BCUT2D eigenvalue weighted by atomic mass is 9.94. The summed E-state index contributed by atoms with van der Waals surface area (Å²) >= 11 is 1.97. The predicted molar refractivity (Wildman–Crippen MR) is 83.7 cm³/mol. The van der Waals surface area contributed by atoms with E-state index < -0.39 is 0 Å². The van der Waals surface area contributed by atoms with Crippen molar-refractivity contribution in [3.8, 4) is 0 Å². The van der Waals surface area contributed by atoms with Crippen LogP contribution in [0.15, 0.2) is 4.52 Å². The molecule has 0 radical (unpaired) electrons. The van der Waals surface area contributed by atoms with Gasteiger partial charge in [-0.25, -0.2) is 0 Å². The maximum absolute atomic E-state index is 5.68. The maximum atomic E-state index is 5.68. The van der Waals surface area contributed by atoms with Crippen molar-refractivity contribution in [2.24, 2.45) is 11.7 Å². The Morgan fingerprint density at radius 1 is 1.35 bits per heavy atom. The van der Waals surface area contributed by atoms with Gasteiger partial charge in [0.1, 0.15) is 0 Å². The molecule has 5 heteroatoms. The minimum Gasteiger partial charge on any atom is -0.339 e. The zero-order valence-corrected chi connectivity index (χ0v) is 13.3. The fourth-order valence-electron chi connectivity index (χ4n) is 2.85. The van der Waals surface area contributed by atoms with Gasteiger partial charge in [-0.1, -0.05) is 31.3 Å². The highest BCUT2D eigenvalue weighted by molar-refractivity contribution is 7.99. The van der Waals surface area contributed by atoms with Crippen LogP contribution in [0.25, 0.3) is 0 Å². The molecular weight excluding hydrogens is 270 g/mol. The summed E-state index contributed by atoms with van der Waals surface area (Å²) in [5.41, 5.74) is 5.68. The van der Waals surface area contributed by atoms with Crippen molar-refractivity contribution in [3.63, 3.8) is 0 Å². The summed E-state index contributed by atoms with van der Waals surface area (Å²) in [6.07, 6.45) is 9.39. The minimum absolute atomic E-state index is 0.455. The van der Waals surface area contributed by atoms with E-state index in [2.05, 4.69) is 17.1 Å². The average molecular weight is 297 g/mol. The standard InChI is InChI=1S/C15H27N3OS/c1-2-5-12(9-10-16)7-8-14-17-15(18-19-14)13-6-3-4-11-20-13/h12-13H,2-11,16H2,1H3. The lowest BCUT2D eigenvalue weighted by Crippen LogP contribution is -2.10. The molecule has 0 spiro atoms. The molecular formula is C15H27N3OS. The van der Waals surface area contributed by atoms with Gasteiger partial charge in [-0.3, -0.25) is 0 Å². The zero-order chi connectivity index (χ0) is 14.2. The van der Waals surface area contributed by atoms with E-state index >= 15 is 0 Å². The zero-order valence-electron chi connectivity index (χ0n) is 12.5. The molecule has 0 bridgehead atoms. The summed E-state index contributed by atoms with van der Waals surface area (Å²) in [6.45, 7) is 3.01. The van der Waals surface area contributed by atoms with Gasteiger partial charge in [-0.05, 0) is 43.9 Å². The molecule has 4 nitrogen and oxygen atoms in total. The third-order valence-corrected chi connectivity index (χ3v) is 5.36. The van der Waals surface area contributed by atoms with E-state index in [1.54, 1.807) is 0 Å². The fraction of sp³-hybridized carbons (Fsp3) is 0.867. The largest absolute Gasteiger partial charge is 0.339 e. The average Bonchev–Trinajstić information content (AvgIpc) is 2.95. The summed E-state index contributed by atoms with van der Waals surface area (Å²) in [6, 6.07) is 0. The second kappa shape index (κ2) is 8.67. The highest BCUT2D eigenvalue weighted by Crippen LogP contribution is 2.36. The fourth-order valence-corrected chi connectivity index (χ4v) is 4.08. The Bertz CT molecular complexity index is 371. The molecule has 0 aromatic carbocycles. The van der Waals surface area contributed by atoms with Crippen LogP contribution in [-0.4, -0.2) is 22.4 Å². The number of hydrogen-bond acceptors (Lipinski definition) is 5. The first-order valence-electron chi connectivity index (χ1n) is 7.97. The highest BCUT2D eigenvalue weighted by Gasteiger charge is 2.21. The third-order valence-electron chi connectivity index (χ3n) is 3.99. The first-order valence-corrected chi connectivity index (χ1v) is 9.02. The molecule has 2 rings (SSSR count). The third kappa shape index (κ3) is 4.77. The molecule has 1 fully saturated rings. The Hall–Kier alpha value is -0.550. The van der Waals surface area contributed by atoms with Gasteiger partial charge < -0.3 is 10.3 Å². The van der Waals surface area contributed by atoms with Crippen molar-refractivity contribution in [1.82, 2.24) is 10.1 Å². The van der Waals surface area contributed by atoms with Crippen molar-refractivity contribution >= 4 is 11.8 Å². The normalized spacial score (nSPS) is 21.0. The van der Waals surface area contributed by atoms with E-state index in [9.17, 15) is 0 Å². The van der Waals surface area contributed by atoms with Crippen LogP contribution in [0.1, 0.15) is 68.8 Å². The van der Waals surface area contributed by atoms with Gasteiger partial charge in [-0.15, -0.1) is 0 Å². The van der Waals surface area contributed by atoms with Crippen molar-refractivity contribution in [1.29, 1.82) is 0 Å². The van der Waals surface area contributed by atoms with Crippen LogP contribution in [0.5, 0.6) is 0 Å². The first kappa shape index (κ1) is 15.8. The van der Waals surface area contributed by atoms with Crippen LogP contribution in [0.4, 0.5) is 0 Å². The second-order valence-corrected chi connectivity index (χ2v) is 6.98. The number of aryl methyl sites for hydroxylation is 1. The number of nitrogens with zero attached hydrogens (tertiary/aromatic N) is 2. The van der Waals surface area contributed by atoms with Gasteiger partial charge in [0.2, 0.25) is 5.89 Å². The van der Waals surface area contributed by atoms with E-state index in [-0.39, 0.29) is 0 Å². The number of hydrogen-bond donors (Lipinski definition) is 1. The Morgan fingerprint density at radius 3 is 2.95 bits per heavy atom. The number of thioether (sulfide) groups is 1. The molecule has 1 aromatic heterocycles. The monoisotopic (exact) mass is 297 g/mol. The summed E-state index contributed by atoms with van der Waals surface area (Å²) in [5, 5.41) is 4.63. The van der Waals surface area contributed by atoms with E-state index in [0.29, 0.717) is 11.2 Å². The minimum atomic E-state index is 0.455. The SMILES string of the molecule is CCCC(CCN)CCc1nc(C2CCCCS2)no1. The Labute approximate surface area is 126 Å². The van der Waals surface area contributed by atoms with Crippen LogP contribution in [0, 0.1) is 5.92 Å². The van der Waals surface area contributed by atoms with Gasteiger partial charge in [0, 0.05) is 6.42 Å². The van der Waals surface area contributed by atoms with Gasteiger partial charge in [0.25, 0.3) is 0 Å². The molecule has 1 aromatic rings. The quantitative estimate of drug-likeness (QED) is 0.792. The molecule has 1 aliphatic heterocycles.